The molecule has 0 aliphatic carbocycles. The lowest BCUT2D eigenvalue weighted by molar-refractivity contribution is 0.195. The van der Waals surface area contributed by atoms with E-state index < -0.39 is 6.10 Å². The molecule has 1 aromatic rings. The molecule has 2 atom stereocenters. The minimum Gasteiger partial charge on any atom is -0.508 e. The maximum absolute atomic E-state index is 9.87. The highest BCUT2D eigenvalue weighted by molar-refractivity contribution is 5.45. The second kappa shape index (κ2) is 5.91. The van der Waals surface area contributed by atoms with E-state index >= 15 is 0 Å². The summed E-state index contributed by atoms with van der Waals surface area (Å²) in [5.41, 5.74) is 2.12. The maximum atomic E-state index is 9.87. The molecule has 1 rings (SSSR count). The topological polar surface area (TPSA) is 60.7 Å². The average Bonchev–Trinajstić information content (AvgIpc) is 2.30. The van der Waals surface area contributed by atoms with Gasteiger partial charge >= 0.3 is 0 Å². The zero-order chi connectivity index (χ0) is 13.9. The molecule has 0 aliphatic rings. The Hall–Kier alpha value is -1.48. The molecule has 0 saturated carbocycles. The second-order valence-electron chi connectivity index (χ2n) is 5.04. The number of aliphatic hydroxyl groups is 1. The van der Waals surface area contributed by atoms with E-state index in [1.54, 1.807) is 26.0 Å². The number of aryl methyl sites for hydroxylation is 1. The van der Waals surface area contributed by atoms with Crippen molar-refractivity contribution < 1.29 is 15.3 Å². The van der Waals surface area contributed by atoms with E-state index in [2.05, 4.69) is 6.58 Å². The largest absolute Gasteiger partial charge is 0.508 e. The lowest BCUT2D eigenvalue weighted by atomic mass is 9.92. The second-order valence-corrected chi connectivity index (χ2v) is 5.04. The van der Waals surface area contributed by atoms with Crippen LogP contribution in [0.2, 0.25) is 0 Å². The van der Waals surface area contributed by atoms with Gasteiger partial charge in [0.05, 0.1) is 6.10 Å². The van der Waals surface area contributed by atoms with E-state index in [0.29, 0.717) is 17.5 Å². The maximum Gasteiger partial charge on any atom is 0.119 e. The van der Waals surface area contributed by atoms with Crippen LogP contribution in [0.15, 0.2) is 24.3 Å². The zero-order valence-corrected chi connectivity index (χ0v) is 11.3. The minimum absolute atomic E-state index is 0.0745. The Morgan fingerprint density at radius 1 is 1.22 bits per heavy atom. The smallest absolute Gasteiger partial charge is 0.119 e. The van der Waals surface area contributed by atoms with Crippen molar-refractivity contribution in [1.29, 1.82) is 0 Å². The molecule has 0 amide bonds. The van der Waals surface area contributed by atoms with Crippen LogP contribution in [-0.2, 0) is 0 Å². The fourth-order valence-corrected chi connectivity index (χ4v) is 1.90. The molecule has 3 N–H and O–H groups in total. The Morgan fingerprint density at radius 2 is 1.83 bits per heavy atom. The summed E-state index contributed by atoms with van der Waals surface area (Å²) in [6.07, 6.45) is 0.822. The normalized spacial score (nSPS) is 14.2. The van der Waals surface area contributed by atoms with Crippen molar-refractivity contribution in [1.82, 2.24) is 0 Å². The quantitative estimate of drug-likeness (QED) is 0.555. The molecular weight excluding hydrogens is 228 g/mol. The summed E-state index contributed by atoms with van der Waals surface area (Å²) in [5.74, 6) is 0.461. The summed E-state index contributed by atoms with van der Waals surface area (Å²) < 4.78 is 0. The molecule has 0 aliphatic heterocycles. The molecule has 1 aromatic carbocycles. The summed E-state index contributed by atoms with van der Waals surface area (Å²) in [6.45, 7) is 9.22. The van der Waals surface area contributed by atoms with Crippen LogP contribution in [0.4, 0.5) is 0 Å². The third-order valence-corrected chi connectivity index (χ3v) is 3.32. The predicted molar refractivity (Wildman–Crippen MR) is 73.0 cm³/mol. The lowest BCUT2D eigenvalue weighted by Gasteiger charge is -2.17. The van der Waals surface area contributed by atoms with E-state index in [0.717, 1.165) is 12.0 Å². The van der Waals surface area contributed by atoms with Gasteiger partial charge in [-0.3, -0.25) is 0 Å². The predicted octanol–water partition coefficient (Wildman–Crippen LogP) is 3.23. The minimum atomic E-state index is -0.506. The van der Waals surface area contributed by atoms with Crippen LogP contribution in [-0.4, -0.2) is 21.4 Å². The zero-order valence-electron chi connectivity index (χ0n) is 11.3. The van der Waals surface area contributed by atoms with Crippen LogP contribution in [0.5, 0.6) is 11.5 Å². The van der Waals surface area contributed by atoms with Crippen LogP contribution < -0.4 is 0 Å². The summed E-state index contributed by atoms with van der Waals surface area (Å²) in [4.78, 5) is 0. The first-order valence-electron chi connectivity index (χ1n) is 6.18. The van der Waals surface area contributed by atoms with E-state index in [1.165, 1.54) is 0 Å². The van der Waals surface area contributed by atoms with Crippen LogP contribution in [0.3, 0.4) is 0 Å². The first-order chi connectivity index (χ1) is 8.32. The van der Waals surface area contributed by atoms with Gasteiger partial charge in [-0.05, 0) is 50.3 Å². The number of rotatable bonds is 5. The number of aromatic hydroxyl groups is 2. The van der Waals surface area contributed by atoms with Crippen molar-refractivity contribution >= 4 is 0 Å². The van der Waals surface area contributed by atoms with Gasteiger partial charge in [0.25, 0.3) is 0 Å². The van der Waals surface area contributed by atoms with Gasteiger partial charge in [0.2, 0.25) is 0 Å². The molecule has 3 heteroatoms. The highest BCUT2D eigenvalue weighted by Crippen LogP contribution is 2.34. The molecule has 0 aromatic heterocycles. The van der Waals surface area contributed by atoms with E-state index in [4.69, 9.17) is 0 Å². The van der Waals surface area contributed by atoms with Gasteiger partial charge in [0.15, 0.2) is 0 Å². The highest BCUT2D eigenvalue weighted by atomic mass is 16.3. The van der Waals surface area contributed by atoms with Gasteiger partial charge in [-0.1, -0.05) is 19.1 Å². The van der Waals surface area contributed by atoms with Crippen molar-refractivity contribution in [2.24, 2.45) is 0 Å². The van der Waals surface area contributed by atoms with Crippen LogP contribution in [0, 0.1) is 6.92 Å². The summed E-state index contributed by atoms with van der Waals surface area (Å²) in [6, 6.07) is 3.17. The Balaban J connectivity index is 2.75. The van der Waals surface area contributed by atoms with E-state index in [-0.39, 0.29) is 17.4 Å². The van der Waals surface area contributed by atoms with Gasteiger partial charge in [-0.25, -0.2) is 0 Å². The number of benzene rings is 1. The molecule has 0 fully saturated rings. The molecule has 18 heavy (non-hydrogen) atoms. The molecule has 100 valence electrons. The van der Waals surface area contributed by atoms with Crippen molar-refractivity contribution in [3.63, 3.8) is 0 Å². The lowest BCUT2D eigenvalue weighted by Crippen LogP contribution is -2.09. The van der Waals surface area contributed by atoms with E-state index in [9.17, 15) is 15.3 Å². The van der Waals surface area contributed by atoms with Crippen molar-refractivity contribution in [2.45, 2.75) is 45.6 Å². The van der Waals surface area contributed by atoms with Gasteiger partial charge in [-0.15, -0.1) is 0 Å². The van der Waals surface area contributed by atoms with Gasteiger partial charge < -0.3 is 15.3 Å². The number of aliphatic hydroxyl groups excluding tert-OH is 1. The van der Waals surface area contributed by atoms with Crippen LogP contribution in [0.25, 0.3) is 0 Å². The first-order valence-corrected chi connectivity index (χ1v) is 6.18. The molecule has 0 radical (unpaired) electrons. The Kier molecular flexibility index (Phi) is 4.79. The fraction of sp³-hybridized carbons (Fsp3) is 0.467. The third-order valence-electron chi connectivity index (χ3n) is 3.32. The van der Waals surface area contributed by atoms with Crippen LogP contribution >= 0.6 is 0 Å². The van der Waals surface area contributed by atoms with Crippen molar-refractivity contribution in [3.8, 4) is 11.5 Å². The number of phenols is 2. The summed E-state index contributed by atoms with van der Waals surface area (Å²) in [7, 11) is 0. The molecule has 3 nitrogen and oxygen atoms in total. The molecular formula is C15H22O3. The van der Waals surface area contributed by atoms with Gasteiger partial charge in [-0.2, -0.15) is 0 Å². The summed E-state index contributed by atoms with van der Waals surface area (Å²) in [5, 5.41) is 29.2. The molecule has 0 heterocycles. The molecule has 0 spiro atoms. The van der Waals surface area contributed by atoms with Crippen LogP contribution in [0.1, 0.15) is 43.7 Å². The third kappa shape index (κ3) is 3.50. The van der Waals surface area contributed by atoms with Crippen molar-refractivity contribution in [3.05, 3.63) is 35.4 Å². The highest BCUT2D eigenvalue weighted by Gasteiger charge is 2.15. The van der Waals surface area contributed by atoms with E-state index in [1.807, 2.05) is 6.92 Å². The number of hydrogen-bond acceptors (Lipinski definition) is 3. The molecule has 0 bridgehead atoms. The molecule has 0 unspecified atom stereocenters. The Morgan fingerprint density at radius 3 is 2.39 bits per heavy atom. The number of hydrogen-bond donors (Lipinski definition) is 3. The number of phenolic OH excluding ortho intramolecular Hbond substituents is 2. The first kappa shape index (κ1) is 14.6. The summed E-state index contributed by atoms with van der Waals surface area (Å²) >= 11 is 0. The van der Waals surface area contributed by atoms with Gasteiger partial charge in [0, 0.05) is 5.56 Å². The fourth-order valence-electron chi connectivity index (χ4n) is 1.90. The average molecular weight is 250 g/mol. The monoisotopic (exact) mass is 250 g/mol. The molecule has 0 saturated heterocycles. The standard InChI is InChI=1S/C15H22O3/c1-9(2)13(16)6-5-10(3)12-8-14(17)11(4)7-15(12)18/h7-8,10,13,16-18H,1,5-6H2,2-4H3/t10-,13-/m1/s1. The Labute approximate surface area is 108 Å². The SMILES string of the molecule is C=C(C)[C@H](O)CC[C@@H](C)c1cc(O)c(C)cc1O. The Bertz CT molecular complexity index is 438. The van der Waals surface area contributed by atoms with Crippen molar-refractivity contribution in [2.75, 3.05) is 0 Å². The van der Waals surface area contributed by atoms with Gasteiger partial charge in [0.1, 0.15) is 11.5 Å².